The summed E-state index contributed by atoms with van der Waals surface area (Å²) in [5.74, 6) is 0.670. The molecule has 0 fully saturated rings. The maximum atomic E-state index is 11.2. The lowest BCUT2D eigenvalue weighted by Gasteiger charge is -2.07. The second-order valence-corrected chi connectivity index (χ2v) is 4.20. The van der Waals surface area contributed by atoms with E-state index in [1.807, 2.05) is 0 Å². The quantitative estimate of drug-likeness (QED) is 0.807. The Balaban J connectivity index is 0.00000225. The van der Waals surface area contributed by atoms with Gasteiger partial charge in [-0.1, -0.05) is 11.8 Å². The van der Waals surface area contributed by atoms with Gasteiger partial charge in [0, 0.05) is 14.1 Å². The van der Waals surface area contributed by atoms with E-state index in [9.17, 15) is 4.79 Å². The van der Waals surface area contributed by atoms with Gasteiger partial charge >= 0.3 is 0 Å². The molecule has 1 atom stereocenters. The third-order valence-electron chi connectivity index (χ3n) is 1.63. The summed E-state index contributed by atoms with van der Waals surface area (Å²) in [6.45, 7) is 1.76. The number of halogens is 1. The Bertz CT molecular complexity index is 343. The maximum Gasteiger partial charge on any atom is 0.277 e. The molecule has 0 aliphatic heterocycles. The molecule has 16 heavy (non-hydrogen) atoms. The second-order valence-electron chi connectivity index (χ2n) is 3.27. The molecule has 1 heterocycles. The third-order valence-corrected chi connectivity index (χ3v) is 2.43. The number of carbonyl (C=O) groups is 1. The van der Waals surface area contributed by atoms with Crippen LogP contribution >= 0.6 is 24.2 Å². The minimum absolute atomic E-state index is 0. The zero-order valence-corrected chi connectivity index (χ0v) is 11.0. The standard InChI is InChI=1S/C8H14N4O2S.ClH/c1-5(9)7-10-11-8(14-7)15-4-6(13)12(2)3;/h5H,4,9H2,1-3H3;1H. The average molecular weight is 267 g/mol. The second kappa shape index (κ2) is 6.72. The lowest BCUT2D eigenvalue weighted by molar-refractivity contribution is -0.125. The molecular weight excluding hydrogens is 252 g/mol. The Hall–Kier alpha value is -0.790. The van der Waals surface area contributed by atoms with Crippen molar-refractivity contribution < 1.29 is 9.21 Å². The molecule has 0 saturated heterocycles. The first-order valence-corrected chi connectivity index (χ1v) is 5.41. The van der Waals surface area contributed by atoms with Crippen LogP contribution in [0.15, 0.2) is 9.64 Å². The number of nitrogens with zero attached hydrogens (tertiary/aromatic N) is 3. The highest BCUT2D eigenvalue weighted by Gasteiger charge is 2.12. The molecule has 0 aliphatic carbocycles. The highest BCUT2D eigenvalue weighted by molar-refractivity contribution is 7.99. The van der Waals surface area contributed by atoms with Crippen molar-refractivity contribution in [3.63, 3.8) is 0 Å². The Labute approximate surface area is 104 Å². The summed E-state index contributed by atoms with van der Waals surface area (Å²) in [6.07, 6.45) is 0. The summed E-state index contributed by atoms with van der Waals surface area (Å²) < 4.78 is 5.22. The Morgan fingerprint density at radius 3 is 2.62 bits per heavy atom. The maximum absolute atomic E-state index is 11.2. The molecule has 0 spiro atoms. The fraction of sp³-hybridized carbons (Fsp3) is 0.625. The van der Waals surface area contributed by atoms with E-state index in [-0.39, 0.29) is 30.1 Å². The minimum atomic E-state index is -0.281. The lowest BCUT2D eigenvalue weighted by Crippen LogP contribution is -2.23. The van der Waals surface area contributed by atoms with Gasteiger partial charge in [-0.25, -0.2) is 0 Å². The van der Waals surface area contributed by atoms with E-state index in [1.54, 1.807) is 21.0 Å². The smallest absolute Gasteiger partial charge is 0.277 e. The van der Waals surface area contributed by atoms with Crippen LogP contribution in [0.25, 0.3) is 0 Å². The highest BCUT2D eigenvalue weighted by Crippen LogP contribution is 2.18. The number of aromatic nitrogens is 2. The van der Waals surface area contributed by atoms with Gasteiger partial charge in [0.15, 0.2) is 0 Å². The molecule has 2 N–H and O–H groups in total. The van der Waals surface area contributed by atoms with Gasteiger partial charge in [0.1, 0.15) is 0 Å². The average Bonchev–Trinajstić information content (AvgIpc) is 2.62. The van der Waals surface area contributed by atoms with Crippen LogP contribution in [0.1, 0.15) is 18.9 Å². The van der Waals surface area contributed by atoms with Crippen LogP contribution in [-0.4, -0.2) is 40.9 Å². The van der Waals surface area contributed by atoms with E-state index >= 15 is 0 Å². The van der Waals surface area contributed by atoms with Crippen LogP contribution in [0.3, 0.4) is 0 Å². The summed E-state index contributed by atoms with van der Waals surface area (Å²) in [5, 5.41) is 7.89. The van der Waals surface area contributed by atoms with Crippen LogP contribution in [0.5, 0.6) is 0 Å². The summed E-state index contributed by atoms with van der Waals surface area (Å²) in [5.41, 5.74) is 5.55. The van der Waals surface area contributed by atoms with E-state index < -0.39 is 0 Å². The molecule has 0 saturated carbocycles. The summed E-state index contributed by atoms with van der Waals surface area (Å²) in [6, 6.07) is -0.281. The fourth-order valence-corrected chi connectivity index (χ4v) is 1.46. The molecule has 0 bridgehead atoms. The van der Waals surface area contributed by atoms with Gasteiger partial charge in [-0.15, -0.1) is 22.6 Å². The van der Waals surface area contributed by atoms with E-state index in [4.69, 9.17) is 10.2 Å². The number of carbonyl (C=O) groups excluding carboxylic acids is 1. The van der Waals surface area contributed by atoms with Gasteiger partial charge in [0.25, 0.3) is 5.22 Å². The van der Waals surface area contributed by atoms with E-state index in [0.717, 1.165) is 0 Å². The normalized spacial score (nSPS) is 11.8. The number of rotatable bonds is 4. The molecule has 1 aromatic heterocycles. The molecule has 0 aliphatic rings. The van der Waals surface area contributed by atoms with Gasteiger partial charge < -0.3 is 15.1 Å². The largest absolute Gasteiger partial charge is 0.414 e. The van der Waals surface area contributed by atoms with Crippen LogP contribution in [0, 0.1) is 0 Å². The Morgan fingerprint density at radius 1 is 1.56 bits per heavy atom. The number of hydrogen-bond donors (Lipinski definition) is 1. The SMILES string of the molecule is CC(N)c1nnc(SCC(=O)N(C)C)o1.Cl. The third kappa shape index (κ3) is 4.38. The van der Waals surface area contributed by atoms with Crippen molar-refractivity contribution in [1.29, 1.82) is 0 Å². The minimum Gasteiger partial charge on any atom is -0.414 e. The van der Waals surface area contributed by atoms with Crippen molar-refractivity contribution >= 4 is 30.1 Å². The highest BCUT2D eigenvalue weighted by atomic mass is 35.5. The van der Waals surface area contributed by atoms with Gasteiger partial charge in [-0.2, -0.15) is 0 Å². The van der Waals surface area contributed by atoms with Gasteiger partial charge in [-0.05, 0) is 6.92 Å². The van der Waals surface area contributed by atoms with Crippen molar-refractivity contribution in [2.24, 2.45) is 5.73 Å². The molecule has 1 amide bonds. The summed E-state index contributed by atoms with van der Waals surface area (Å²) in [7, 11) is 3.40. The lowest BCUT2D eigenvalue weighted by atomic mass is 10.4. The van der Waals surface area contributed by atoms with Gasteiger partial charge in [0.2, 0.25) is 11.8 Å². The predicted octanol–water partition coefficient (Wildman–Crippen LogP) is 0.691. The molecule has 8 heteroatoms. The fourth-order valence-electron chi connectivity index (χ4n) is 0.715. The molecule has 92 valence electrons. The van der Waals surface area contributed by atoms with Crippen molar-refractivity contribution in [1.82, 2.24) is 15.1 Å². The molecule has 1 unspecified atom stereocenters. The Kier molecular flexibility index (Phi) is 6.39. The van der Waals surface area contributed by atoms with Crippen LogP contribution in [-0.2, 0) is 4.79 Å². The summed E-state index contributed by atoms with van der Waals surface area (Å²) >= 11 is 1.21. The molecule has 1 aromatic rings. The topological polar surface area (TPSA) is 85.2 Å². The first-order chi connectivity index (χ1) is 7.00. The van der Waals surface area contributed by atoms with Crippen LogP contribution < -0.4 is 5.73 Å². The first-order valence-electron chi connectivity index (χ1n) is 4.42. The van der Waals surface area contributed by atoms with Crippen molar-refractivity contribution in [3.05, 3.63) is 5.89 Å². The summed E-state index contributed by atoms with van der Waals surface area (Å²) in [4.78, 5) is 12.8. The molecule has 0 radical (unpaired) electrons. The zero-order valence-electron chi connectivity index (χ0n) is 9.34. The molecule has 1 rings (SSSR count). The van der Waals surface area contributed by atoms with Gasteiger partial charge in [0.05, 0.1) is 11.8 Å². The zero-order chi connectivity index (χ0) is 11.4. The molecule has 6 nitrogen and oxygen atoms in total. The first kappa shape index (κ1) is 15.2. The van der Waals surface area contributed by atoms with Crippen molar-refractivity contribution in [2.75, 3.05) is 19.8 Å². The van der Waals surface area contributed by atoms with E-state index in [2.05, 4.69) is 10.2 Å². The number of hydrogen-bond acceptors (Lipinski definition) is 6. The van der Waals surface area contributed by atoms with Crippen LogP contribution in [0.2, 0.25) is 0 Å². The van der Waals surface area contributed by atoms with E-state index in [0.29, 0.717) is 11.1 Å². The van der Waals surface area contributed by atoms with Crippen molar-refractivity contribution in [2.45, 2.75) is 18.2 Å². The molecule has 0 aromatic carbocycles. The number of amides is 1. The van der Waals surface area contributed by atoms with Crippen LogP contribution in [0.4, 0.5) is 0 Å². The monoisotopic (exact) mass is 266 g/mol. The Morgan fingerprint density at radius 2 is 2.19 bits per heavy atom. The van der Waals surface area contributed by atoms with Gasteiger partial charge in [-0.3, -0.25) is 4.79 Å². The van der Waals surface area contributed by atoms with Crippen molar-refractivity contribution in [3.8, 4) is 0 Å². The predicted molar refractivity (Wildman–Crippen MR) is 63.6 cm³/mol. The number of nitrogens with two attached hydrogens (primary N) is 1. The number of thioether (sulfide) groups is 1. The molecular formula is C8H15ClN4O2S. The van der Waals surface area contributed by atoms with E-state index in [1.165, 1.54) is 16.7 Å².